The number of fused-ring (bicyclic) bond motifs is 1. The number of halogens is 1. The number of anilines is 1. The number of benzene rings is 1. The van der Waals surface area contributed by atoms with Crippen LogP contribution in [0.1, 0.15) is 29.4 Å². The Morgan fingerprint density at radius 1 is 1.43 bits per heavy atom. The van der Waals surface area contributed by atoms with Crippen LogP contribution in [-0.4, -0.2) is 27.1 Å². The Morgan fingerprint density at radius 3 is 2.87 bits per heavy atom. The van der Waals surface area contributed by atoms with Gasteiger partial charge in [0.15, 0.2) is 0 Å². The predicted octanol–water partition coefficient (Wildman–Crippen LogP) is 2.08. The van der Waals surface area contributed by atoms with Gasteiger partial charge in [-0.25, -0.2) is 9.37 Å². The van der Waals surface area contributed by atoms with E-state index in [1.54, 1.807) is 6.08 Å². The maximum absolute atomic E-state index is 14.2. The molecule has 1 aliphatic heterocycles. The van der Waals surface area contributed by atoms with Crippen molar-refractivity contribution in [3.63, 3.8) is 0 Å². The predicted molar refractivity (Wildman–Crippen MR) is 84.8 cm³/mol. The van der Waals surface area contributed by atoms with Crippen LogP contribution in [0, 0.1) is 24.6 Å². The van der Waals surface area contributed by atoms with Crippen LogP contribution in [0.4, 0.5) is 10.1 Å². The second kappa shape index (κ2) is 5.71. The monoisotopic (exact) mass is 311 g/mol. The lowest BCUT2D eigenvalue weighted by Gasteiger charge is -2.04. The van der Waals surface area contributed by atoms with Gasteiger partial charge < -0.3 is 15.4 Å². The van der Waals surface area contributed by atoms with Crippen LogP contribution >= 0.6 is 0 Å². The summed E-state index contributed by atoms with van der Waals surface area (Å²) < 4.78 is 14.2. The molecule has 116 valence electrons. The average molecular weight is 311 g/mol. The van der Waals surface area contributed by atoms with Gasteiger partial charge in [0.1, 0.15) is 11.9 Å². The summed E-state index contributed by atoms with van der Waals surface area (Å²) in [6.07, 6.45) is 2.23. The lowest BCUT2D eigenvalue weighted by atomic mass is 9.99. The van der Waals surface area contributed by atoms with Crippen molar-refractivity contribution in [3.05, 3.63) is 46.8 Å². The number of H-pyrrole nitrogens is 1. The molecule has 23 heavy (non-hydrogen) atoms. The Balaban J connectivity index is 2.21. The Bertz CT molecular complexity index is 885. The van der Waals surface area contributed by atoms with E-state index < -0.39 is 11.9 Å². The van der Waals surface area contributed by atoms with Crippen LogP contribution in [-0.2, 0) is 4.79 Å². The van der Waals surface area contributed by atoms with Gasteiger partial charge >= 0.3 is 0 Å². The third-order valence-corrected chi connectivity index (χ3v) is 3.47. The van der Waals surface area contributed by atoms with Crippen LogP contribution < -0.4 is 5.32 Å². The number of aromatic nitrogens is 2. The Hall–Kier alpha value is -2.91. The van der Waals surface area contributed by atoms with E-state index in [2.05, 4.69) is 27.1 Å². The third kappa shape index (κ3) is 2.74. The minimum absolute atomic E-state index is 0.0844. The largest absolute Gasteiger partial charge is 0.381 e. The number of amides is 1. The molecule has 1 aromatic heterocycles. The molecule has 0 saturated carbocycles. The van der Waals surface area contributed by atoms with E-state index in [4.69, 9.17) is 0 Å². The highest BCUT2D eigenvalue weighted by atomic mass is 19.1. The van der Waals surface area contributed by atoms with E-state index in [9.17, 15) is 14.3 Å². The number of aromatic amines is 1. The highest BCUT2D eigenvalue weighted by Gasteiger charge is 2.28. The van der Waals surface area contributed by atoms with Crippen molar-refractivity contribution < 1.29 is 14.3 Å². The third-order valence-electron chi connectivity index (χ3n) is 3.47. The lowest BCUT2D eigenvalue weighted by molar-refractivity contribution is -0.110. The number of hydrogen-bond acceptors (Lipinski definition) is 3. The maximum atomic E-state index is 14.2. The number of aryl methyl sites for hydroxylation is 1. The normalized spacial score (nSPS) is 15.8. The molecule has 1 unspecified atom stereocenters. The van der Waals surface area contributed by atoms with Gasteiger partial charge in [-0.3, -0.25) is 4.79 Å². The quantitative estimate of drug-likeness (QED) is 0.557. The van der Waals surface area contributed by atoms with Crippen molar-refractivity contribution >= 4 is 23.2 Å². The first-order chi connectivity index (χ1) is 11.0. The summed E-state index contributed by atoms with van der Waals surface area (Å²) >= 11 is 0. The smallest absolute Gasteiger partial charge is 0.256 e. The van der Waals surface area contributed by atoms with Crippen molar-refractivity contribution in [1.82, 2.24) is 9.97 Å². The van der Waals surface area contributed by atoms with Gasteiger partial charge in [-0.1, -0.05) is 11.8 Å². The fraction of sp³-hybridized carbons (Fsp3) is 0.176. The van der Waals surface area contributed by atoms with Gasteiger partial charge in [-0.2, -0.15) is 0 Å². The van der Waals surface area contributed by atoms with Gasteiger partial charge in [0.25, 0.3) is 5.91 Å². The lowest BCUT2D eigenvalue weighted by Crippen LogP contribution is -2.03. The molecule has 3 rings (SSSR count). The number of aliphatic hydroxyl groups excluding tert-OH is 1. The summed E-state index contributed by atoms with van der Waals surface area (Å²) in [6.45, 7) is 3.31. The molecule has 0 spiro atoms. The highest BCUT2D eigenvalue weighted by molar-refractivity contribution is 6.35. The molecule has 6 heteroatoms. The van der Waals surface area contributed by atoms with E-state index >= 15 is 0 Å². The van der Waals surface area contributed by atoms with Crippen LogP contribution in [0.15, 0.2) is 18.5 Å². The maximum Gasteiger partial charge on any atom is 0.256 e. The Labute approximate surface area is 132 Å². The van der Waals surface area contributed by atoms with Crippen molar-refractivity contribution in [1.29, 1.82) is 0 Å². The molecule has 5 nitrogen and oxygen atoms in total. The molecule has 0 saturated heterocycles. The topological polar surface area (TPSA) is 78.0 Å². The summed E-state index contributed by atoms with van der Waals surface area (Å²) in [4.78, 5) is 19.3. The van der Waals surface area contributed by atoms with E-state index in [1.807, 2.05) is 6.92 Å². The Kier molecular flexibility index (Phi) is 3.72. The molecule has 0 fully saturated rings. The minimum Gasteiger partial charge on any atom is -0.381 e. The number of nitrogens with zero attached hydrogens (tertiary/aromatic N) is 1. The molecule has 2 heterocycles. The van der Waals surface area contributed by atoms with Crippen LogP contribution in [0.25, 0.3) is 11.6 Å². The molecule has 3 N–H and O–H groups in total. The molecule has 0 radical (unpaired) electrons. The number of carbonyl (C=O) groups excluding carboxylic acids is 1. The van der Waals surface area contributed by atoms with Crippen molar-refractivity contribution in [2.75, 3.05) is 5.32 Å². The van der Waals surface area contributed by atoms with Gasteiger partial charge in [-0.05, 0) is 32.1 Å². The molecule has 1 atom stereocenters. The second-order valence-electron chi connectivity index (χ2n) is 5.22. The van der Waals surface area contributed by atoms with Crippen molar-refractivity contribution in [2.45, 2.75) is 20.0 Å². The van der Waals surface area contributed by atoms with Gasteiger partial charge in [0.2, 0.25) is 0 Å². The first-order valence-electron chi connectivity index (χ1n) is 7.03. The fourth-order valence-electron chi connectivity index (χ4n) is 2.35. The SMILES string of the molecule is Cc1[nH]cnc1/C=C1\C(=O)Nc2ccc(F)c(C#CC(C)O)c21. The van der Waals surface area contributed by atoms with Gasteiger partial charge in [-0.15, -0.1) is 0 Å². The highest BCUT2D eigenvalue weighted by Crippen LogP contribution is 2.36. The number of imidazole rings is 1. The van der Waals surface area contributed by atoms with Gasteiger partial charge in [0.05, 0.1) is 28.8 Å². The zero-order chi connectivity index (χ0) is 16.6. The number of hydrogen-bond donors (Lipinski definition) is 3. The Morgan fingerprint density at radius 2 is 2.22 bits per heavy atom. The number of aliphatic hydroxyl groups is 1. The second-order valence-corrected chi connectivity index (χ2v) is 5.22. The number of rotatable bonds is 1. The zero-order valence-electron chi connectivity index (χ0n) is 12.6. The summed E-state index contributed by atoms with van der Waals surface area (Å²) in [5.74, 6) is 4.25. The molecule has 0 aliphatic carbocycles. The van der Waals surface area contributed by atoms with E-state index in [-0.39, 0.29) is 11.5 Å². The standard InChI is InChI=1S/C17H14FN3O2/c1-9(22)3-4-11-13(18)5-6-14-16(11)12(17(23)21-14)7-15-10(2)19-8-20-15/h5-9,22H,1-2H3,(H,19,20)(H,21,23)/b12-7-. The van der Waals surface area contributed by atoms with E-state index in [1.165, 1.54) is 25.4 Å². The van der Waals surface area contributed by atoms with Crippen molar-refractivity contribution in [3.8, 4) is 11.8 Å². The molecule has 1 aromatic carbocycles. The van der Waals surface area contributed by atoms with Gasteiger partial charge in [0, 0.05) is 11.3 Å². The zero-order valence-corrected chi connectivity index (χ0v) is 12.6. The molecule has 2 aromatic rings. The first kappa shape index (κ1) is 15.0. The number of nitrogens with one attached hydrogen (secondary N) is 2. The van der Waals surface area contributed by atoms with Crippen molar-refractivity contribution in [2.24, 2.45) is 0 Å². The summed E-state index contributed by atoms with van der Waals surface area (Å²) in [5.41, 5.74) is 2.66. The summed E-state index contributed by atoms with van der Waals surface area (Å²) in [7, 11) is 0. The van der Waals surface area contributed by atoms with Crippen LogP contribution in [0.5, 0.6) is 0 Å². The number of carbonyl (C=O) groups is 1. The van der Waals surface area contributed by atoms with Crippen LogP contribution in [0.2, 0.25) is 0 Å². The molecule has 1 aliphatic rings. The fourth-order valence-corrected chi connectivity index (χ4v) is 2.35. The molecule has 1 amide bonds. The summed E-state index contributed by atoms with van der Waals surface area (Å²) in [6, 6.07) is 2.74. The summed E-state index contributed by atoms with van der Waals surface area (Å²) in [5, 5.41) is 12.0. The molecular formula is C17H14FN3O2. The van der Waals surface area contributed by atoms with E-state index in [0.717, 1.165) is 5.69 Å². The first-order valence-corrected chi connectivity index (χ1v) is 7.03. The van der Waals surface area contributed by atoms with Crippen LogP contribution in [0.3, 0.4) is 0 Å². The minimum atomic E-state index is -0.892. The van der Waals surface area contributed by atoms with E-state index in [0.29, 0.717) is 22.5 Å². The molecule has 0 bridgehead atoms. The average Bonchev–Trinajstić information content (AvgIpc) is 3.03. The molecular weight excluding hydrogens is 297 g/mol.